The summed E-state index contributed by atoms with van der Waals surface area (Å²) in [6, 6.07) is 15.4. The van der Waals surface area contributed by atoms with Crippen molar-refractivity contribution in [3.63, 3.8) is 0 Å². The fraction of sp³-hybridized carbons (Fsp3) is 0.375. The Balaban J connectivity index is 1.27. The summed E-state index contributed by atoms with van der Waals surface area (Å²) >= 11 is 0. The number of anilines is 3. The van der Waals surface area contributed by atoms with Gasteiger partial charge in [-0.05, 0) is 62.9 Å². The Labute approximate surface area is 247 Å². The third-order valence-electron chi connectivity index (χ3n) is 6.71. The van der Waals surface area contributed by atoms with Gasteiger partial charge in [0, 0.05) is 30.8 Å². The van der Waals surface area contributed by atoms with E-state index < -0.39 is 0 Å². The predicted octanol–water partition coefficient (Wildman–Crippen LogP) is 5.03. The van der Waals surface area contributed by atoms with E-state index in [0.717, 1.165) is 42.1 Å². The van der Waals surface area contributed by atoms with Crippen LogP contribution in [0, 0.1) is 0 Å². The first kappa shape index (κ1) is 30.4. The van der Waals surface area contributed by atoms with Crippen molar-refractivity contribution in [2.24, 2.45) is 0 Å². The number of nitrogens with one attached hydrogen (secondary N) is 2. The van der Waals surface area contributed by atoms with E-state index in [1.165, 1.54) is 6.20 Å². The number of amides is 1. The second-order valence-corrected chi connectivity index (χ2v) is 9.88. The Hall–Kier alpha value is -4.60. The van der Waals surface area contributed by atoms with Crippen LogP contribution in [0.15, 0.2) is 73.1 Å². The third-order valence-corrected chi connectivity index (χ3v) is 6.71. The van der Waals surface area contributed by atoms with E-state index in [0.29, 0.717) is 49.8 Å². The molecule has 1 saturated heterocycles. The number of piperidine rings is 1. The fourth-order valence-electron chi connectivity index (χ4n) is 4.58. The average molecular weight is 574 g/mol. The molecule has 1 fully saturated rings. The first-order chi connectivity index (χ1) is 20.4. The minimum absolute atomic E-state index is 0.0297. The summed E-state index contributed by atoms with van der Waals surface area (Å²) in [6.07, 6.45) is 6.00. The summed E-state index contributed by atoms with van der Waals surface area (Å²) in [5, 5.41) is 6.01. The summed E-state index contributed by atoms with van der Waals surface area (Å²) in [4.78, 5) is 35.4. The van der Waals surface area contributed by atoms with Crippen LogP contribution in [0.3, 0.4) is 0 Å². The highest BCUT2D eigenvalue weighted by Gasteiger charge is 2.24. The first-order valence-electron chi connectivity index (χ1n) is 14.4. The lowest BCUT2D eigenvalue weighted by Crippen LogP contribution is -2.41. The Morgan fingerprint density at radius 3 is 2.60 bits per heavy atom. The van der Waals surface area contributed by atoms with Gasteiger partial charge >= 0.3 is 5.97 Å². The topological polar surface area (TPSA) is 115 Å². The Morgan fingerprint density at radius 2 is 1.83 bits per heavy atom. The van der Waals surface area contributed by atoms with Crippen molar-refractivity contribution in [1.82, 2.24) is 9.97 Å². The van der Waals surface area contributed by atoms with Gasteiger partial charge in [0.15, 0.2) is 17.3 Å². The molecule has 0 spiro atoms. The van der Waals surface area contributed by atoms with E-state index >= 15 is 0 Å². The number of para-hydroxylation sites is 2. The van der Waals surface area contributed by atoms with Gasteiger partial charge in [0.2, 0.25) is 0 Å². The van der Waals surface area contributed by atoms with E-state index in [1.807, 2.05) is 55.5 Å². The lowest BCUT2D eigenvalue weighted by molar-refractivity contribution is -0.143. The molecule has 2 N–H and O–H groups in total. The monoisotopic (exact) mass is 573 g/mol. The summed E-state index contributed by atoms with van der Waals surface area (Å²) in [7, 11) is 0. The van der Waals surface area contributed by atoms with Gasteiger partial charge in [0.05, 0.1) is 32.2 Å². The molecule has 1 aliphatic heterocycles. The normalized spacial score (nSPS) is 14.5. The number of hydrogen-bond acceptors (Lipinski definition) is 9. The van der Waals surface area contributed by atoms with Crippen LogP contribution in [0.2, 0.25) is 0 Å². The van der Waals surface area contributed by atoms with Crippen LogP contribution in [-0.2, 0) is 20.7 Å². The molecule has 1 amide bonds. The van der Waals surface area contributed by atoms with Gasteiger partial charge in [0.1, 0.15) is 11.9 Å². The maximum Gasteiger partial charge on any atom is 0.306 e. The molecule has 2 heterocycles. The van der Waals surface area contributed by atoms with Crippen LogP contribution in [-0.4, -0.2) is 60.8 Å². The number of hydrogen-bond donors (Lipinski definition) is 2. The molecule has 4 rings (SSSR count). The summed E-state index contributed by atoms with van der Waals surface area (Å²) in [6.45, 7) is 10.3. The largest absolute Gasteiger partial charge is 0.490 e. The summed E-state index contributed by atoms with van der Waals surface area (Å²) in [5.74, 6) is 1.95. The Bertz CT molecular complexity index is 1350. The number of carbonyl (C=O) groups is 2. The van der Waals surface area contributed by atoms with Crippen LogP contribution in [0.1, 0.15) is 38.7 Å². The molecule has 3 aromatic rings. The zero-order valence-electron chi connectivity index (χ0n) is 24.3. The van der Waals surface area contributed by atoms with Crippen molar-refractivity contribution >= 4 is 29.2 Å². The number of carbonyl (C=O) groups excluding carboxylic acids is 2. The van der Waals surface area contributed by atoms with E-state index in [9.17, 15) is 9.59 Å². The number of benzene rings is 2. The molecule has 2 aromatic carbocycles. The number of aromatic nitrogens is 2. The fourth-order valence-corrected chi connectivity index (χ4v) is 4.58. The third kappa shape index (κ3) is 8.95. The van der Waals surface area contributed by atoms with E-state index in [-0.39, 0.29) is 24.5 Å². The average Bonchev–Trinajstić information content (AvgIpc) is 3.01. The Morgan fingerprint density at radius 1 is 1.05 bits per heavy atom. The lowest BCUT2D eigenvalue weighted by Gasteiger charge is -2.33. The maximum absolute atomic E-state index is 12.8. The number of ether oxygens (including phenoxy) is 3. The maximum atomic E-state index is 12.8. The van der Waals surface area contributed by atoms with Gasteiger partial charge in [-0.25, -0.2) is 4.98 Å². The minimum atomic E-state index is -0.340. The molecule has 0 saturated carbocycles. The number of nitrogens with zero attached hydrogens (tertiary/aromatic N) is 3. The lowest BCUT2D eigenvalue weighted by atomic mass is 10.1. The van der Waals surface area contributed by atoms with Gasteiger partial charge in [-0.15, -0.1) is 0 Å². The van der Waals surface area contributed by atoms with Crippen molar-refractivity contribution < 1.29 is 23.8 Å². The van der Waals surface area contributed by atoms with Crippen LogP contribution < -0.4 is 25.0 Å². The highest BCUT2D eigenvalue weighted by Crippen LogP contribution is 2.30. The van der Waals surface area contributed by atoms with Crippen LogP contribution >= 0.6 is 0 Å². The van der Waals surface area contributed by atoms with Crippen molar-refractivity contribution in [1.29, 1.82) is 0 Å². The van der Waals surface area contributed by atoms with Gasteiger partial charge in [-0.3, -0.25) is 14.6 Å². The number of aryl methyl sites for hydroxylation is 1. The summed E-state index contributed by atoms with van der Waals surface area (Å²) < 4.78 is 17.0. The van der Waals surface area contributed by atoms with E-state index in [1.54, 1.807) is 13.1 Å². The molecule has 10 heteroatoms. The van der Waals surface area contributed by atoms with Crippen molar-refractivity contribution in [2.75, 3.05) is 48.4 Å². The van der Waals surface area contributed by atoms with Crippen LogP contribution in [0.4, 0.5) is 17.3 Å². The molecule has 0 radical (unpaired) electrons. The second-order valence-electron chi connectivity index (χ2n) is 9.88. The van der Waals surface area contributed by atoms with E-state index in [2.05, 4.69) is 32.1 Å². The van der Waals surface area contributed by atoms with Gasteiger partial charge < -0.3 is 29.7 Å². The SMILES string of the molecule is C=C(CNc1ccc(CCC(=O)OCC)cc1)C(=O)Nc1cncc(N2CCC[C@@H](Oc3ccccc3OCC)C2)n1. The van der Waals surface area contributed by atoms with Gasteiger partial charge in [-0.1, -0.05) is 30.8 Å². The molecule has 1 aliphatic rings. The minimum Gasteiger partial charge on any atom is -0.490 e. The van der Waals surface area contributed by atoms with Crippen LogP contribution in [0.25, 0.3) is 0 Å². The quantitative estimate of drug-likeness (QED) is 0.202. The predicted molar refractivity (Wildman–Crippen MR) is 163 cm³/mol. The van der Waals surface area contributed by atoms with Gasteiger partial charge in [-0.2, -0.15) is 0 Å². The molecule has 222 valence electrons. The molecule has 1 atom stereocenters. The van der Waals surface area contributed by atoms with E-state index in [4.69, 9.17) is 14.2 Å². The zero-order chi connectivity index (χ0) is 29.7. The highest BCUT2D eigenvalue weighted by molar-refractivity contribution is 6.03. The molecule has 0 aliphatic carbocycles. The smallest absolute Gasteiger partial charge is 0.306 e. The standard InChI is InChI=1S/C32H39N5O5/c1-4-40-27-10-6-7-11-28(27)42-26-9-8-18-37(22-26)30-21-33-20-29(35-30)36-32(39)23(3)19-34-25-15-12-24(13-16-25)14-17-31(38)41-5-2/h6-7,10-13,15-16,20-21,26,34H,3-5,8-9,14,17-19,22H2,1-2H3,(H,35,36,39)/t26-/m1/s1. The molecular formula is C32H39N5O5. The number of esters is 1. The highest BCUT2D eigenvalue weighted by atomic mass is 16.5. The molecule has 42 heavy (non-hydrogen) atoms. The van der Waals surface area contributed by atoms with Gasteiger partial charge in [0.25, 0.3) is 5.91 Å². The van der Waals surface area contributed by atoms with Crippen molar-refractivity contribution in [2.45, 2.75) is 45.6 Å². The molecule has 1 aromatic heterocycles. The molecule has 10 nitrogen and oxygen atoms in total. The molecule has 0 bridgehead atoms. The first-order valence-corrected chi connectivity index (χ1v) is 14.4. The van der Waals surface area contributed by atoms with Crippen molar-refractivity contribution in [3.8, 4) is 11.5 Å². The Kier molecular flexibility index (Phi) is 11.1. The zero-order valence-corrected chi connectivity index (χ0v) is 24.3. The van der Waals surface area contributed by atoms with Crippen molar-refractivity contribution in [3.05, 3.63) is 78.6 Å². The van der Waals surface area contributed by atoms with Crippen LogP contribution in [0.5, 0.6) is 11.5 Å². The number of rotatable bonds is 14. The summed E-state index contributed by atoms with van der Waals surface area (Å²) in [5.41, 5.74) is 2.23. The second kappa shape index (κ2) is 15.4. The molecule has 0 unspecified atom stereocenters. The molecular weight excluding hydrogens is 534 g/mol.